The predicted molar refractivity (Wildman–Crippen MR) is 70.9 cm³/mol. The van der Waals surface area contributed by atoms with Gasteiger partial charge in [-0.05, 0) is 31.2 Å². The van der Waals surface area contributed by atoms with Gasteiger partial charge in [0.1, 0.15) is 5.56 Å². The van der Waals surface area contributed by atoms with E-state index in [-0.39, 0.29) is 17.0 Å². The van der Waals surface area contributed by atoms with Crippen molar-refractivity contribution in [3.63, 3.8) is 0 Å². The summed E-state index contributed by atoms with van der Waals surface area (Å²) in [4.78, 5) is 28.0. The standard InChI is InChI=1S/C14H14N2O2/c1-2-16(11-7-4-3-5-8-11)14(18)12-9-6-10-15-13(12)17/h3-10H,2H2,1H3,(H,15,17). The second-order valence-corrected chi connectivity index (χ2v) is 3.80. The molecule has 0 aliphatic heterocycles. The molecule has 0 radical (unpaired) electrons. The Kier molecular flexibility index (Phi) is 3.57. The molecule has 0 bridgehead atoms. The molecule has 0 fully saturated rings. The normalized spacial score (nSPS) is 10.1. The second kappa shape index (κ2) is 5.31. The van der Waals surface area contributed by atoms with Crippen LogP contribution >= 0.6 is 0 Å². The Morgan fingerprint density at radius 1 is 1.17 bits per heavy atom. The SMILES string of the molecule is CCN(C(=O)c1ccc[nH]c1=O)c1ccccc1. The summed E-state index contributed by atoms with van der Waals surface area (Å²) in [6.07, 6.45) is 1.51. The van der Waals surface area contributed by atoms with Crippen molar-refractivity contribution in [1.82, 2.24) is 4.98 Å². The summed E-state index contributed by atoms with van der Waals surface area (Å²) in [5, 5.41) is 0. The van der Waals surface area contributed by atoms with Crippen molar-refractivity contribution in [2.24, 2.45) is 0 Å². The summed E-state index contributed by atoms with van der Waals surface area (Å²) < 4.78 is 0. The van der Waals surface area contributed by atoms with Crippen molar-refractivity contribution in [1.29, 1.82) is 0 Å². The lowest BCUT2D eigenvalue weighted by Crippen LogP contribution is -2.34. The van der Waals surface area contributed by atoms with Crippen molar-refractivity contribution >= 4 is 11.6 Å². The largest absolute Gasteiger partial charge is 0.328 e. The molecule has 0 aliphatic rings. The first-order valence-electron chi connectivity index (χ1n) is 5.78. The molecule has 18 heavy (non-hydrogen) atoms. The Hall–Kier alpha value is -2.36. The number of carbonyl (C=O) groups is 1. The molecule has 2 aromatic rings. The van der Waals surface area contributed by atoms with Crippen LogP contribution in [0.25, 0.3) is 0 Å². The van der Waals surface area contributed by atoms with Crippen LogP contribution in [0.5, 0.6) is 0 Å². The van der Waals surface area contributed by atoms with Crippen molar-refractivity contribution in [3.8, 4) is 0 Å². The number of para-hydroxylation sites is 1. The van der Waals surface area contributed by atoms with Gasteiger partial charge in [-0.3, -0.25) is 9.59 Å². The van der Waals surface area contributed by atoms with E-state index in [4.69, 9.17) is 0 Å². The number of amides is 1. The zero-order valence-corrected chi connectivity index (χ0v) is 10.1. The molecule has 0 atom stereocenters. The number of nitrogens with zero attached hydrogens (tertiary/aromatic N) is 1. The molecule has 0 saturated heterocycles. The molecule has 2 rings (SSSR count). The van der Waals surface area contributed by atoms with Gasteiger partial charge in [0.2, 0.25) is 0 Å². The zero-order valence-electron chi connectivity index (χ0n) is 10.1. The third kappa shape index (κ3) is 2.32. The summed E-state index contributed by atoms with van der Waals surface area (Å²) in [5.74, 6) is -0.287. The van der Waals surface area contributed by atoms with Crippen LogP contribution in [0.2, 0.25) is 0 Å². The van der Waals surface area contributed by atoms with Gasteiger partial charge in [0.15, 0.2) is 0 Å². The second-order valence-electron chi connectivity index (χ2n) is 3.80. The van der Waals surface area contributed by atoms with Crippen LogP contribution in [0, 0.1) is 0 Å². The number of carbonyl (C=O) groups excluding carboxylic acids is 1. The Labute approximate surface area is 105 Å². The van der Waals surface area contributed by atoms with Gasteiger partial charge in [0.05, 0.1) is 0 Å². The first-order valence-corrected chi connectivity index (χ1v) is 5.78. The highest BCUT2D eigenvalue weighted by atomic mass is 16.2. The van der Waals surface area contributed by atoms with Gasteiger partial charge in [-0.2, -0.15) is 0 Å². The molecular weight excluding hydrogens is 228 g/mol. The van der Waals surface area contributed by atoms with Gasteiger partial charge in [0, 0.05) is 18.4 Å². The highest BCUT2D eigenvalue weighted by molar-refractivity contribution is 6.05. The van der Waals surface area contributed by atoms with E-state index in [9.17, 15) is 9.59 Å². The average Bonchev–Trinajstić information content (AvgIpc) is 2.41. The molecule has 92 valence electrons. The predicted octanol–water partition coefficient (Wildman–Crippen LogP) is 2.04. The number of anilines is 1. The van der Waals surface area contributed by atoms with E-state index < -0.39 is 0 Å². The minimum atomic E-state index is -0.364. The van der Waals surface area contributed by atoms with Crippen molar-refractivity contribution in [2.75, 3.05) is 11.4 Å². The molecule has 1 heterocycles. The van der Waals surface area contributed by atoms with E-state index >= 15 is 0 Å². The van der Waals surface area contributed by atoms with Gasteiger partial charge in [-0.1, -0.05) is 18.2 Å². The fourth-order valence-electron chi connectivity index (χ4n) is 1.79. The molecule has 4 heteroatoms. The number of benzene rings is 1. The van der Waals surface area contributed by atoms with Crippen LogP contribution in [0.15, 0.2) is 53.5 Å². The molecule has 4 nitrogen and oxygen atoms in total. The Morgan fingerprint density at radius 3 is 2.50 bits per heavy atom. The maximum absolute atomic E-state index is 12.3. The van der Waals surface area contributed by atoms with Gasteiger partial charge < -0.3 is 9.88 Å². The number of pyridine rings is 1. The van der Waals surface area contributed by atoms with Crippen LogP contribution < -0.4 is 10.5 Å². The molecular formula is C14H14N2O2. The smallest absolute Gasteiger partial charge is 0.263 e. The Morgan fingerprint density at radius 2 is 1.89 bits per heavy atom. The molecule has 1 amide bonds. The van der Waals surface area contributed by atoms with E-state index in [1.54, 1.807) is 11.0 Å². The molecule has 0 unspecified atom stereocenters. The fraction of sp³-hybridized carbons (Fsp3) is 0.143. The first-order chi connectivity index (χ1) is 8.74. The molecule has 0 aliphatic carbocycles. The summed E-state index contributed by atoms with van der Waals surface area (Å²) in [6.45, 7) is 2.39. The fourth-order valence-corrected chi connectivity index (χ4v) is 1.79. The quantitative estimate of drug-likeness (QED) is 0.895. The zero-order chi connectivity index (χ0) is 13.0. The van der Waals surface area contributed by atoms with E-state index in [2.05, 4.69) is 4.98 Å². The lowest BCUT2D eigenvalue weighted by molar-refractivity contribution is 0.0987. The minimum Gasteiger partial charge on any atom is -0.328 e. The van der Waals surface area contributed by atoms with Crippen LogP contribution in [0.1, 0.15) is 17.3 Å². The highest BCUT2D eigenvalue weighted by Crippen LogP contribution is 2.14. The van der Waals surface area contributed by atoms with Crippen molar-refractivity contribution in [3.05, 3.63) is 64.6 Å². The van der Waals surface area contributed by atoms with Crippen LogP contribution in [0.3, 0.4) is 0 Å². The van der Waals surface area contributed by atoms with Crippen molar-refractivity contribution in [2.45, 2.75) is 6.92 Å². The van der Waals surface area contributed by atoms with E-state index in [0.29, 0.717) is 6.54 Å². The van der Waals surface area contributed by atoms with Gasteiger partial charge in [-0.25, -0.2) is 0 Å². The summed E-state index contributed by atoms with van der Waals surface area (Å²) in [7, 11) is 0. The summed E-state index contributed by atoms with van der Waals surface area (Å²) in [6, 6.07) is 12.5. The maximum atomic E-state index is 12.3. The number of aromatic nitrogens is 1. The van der Waals surface area contributed by atoms with Gasteiger partial charge >= 0.3 is 0 Å². The van der Waals surface area contributed by atoms with Gasteiger partial charge in [-0.15, -0.1) is 0 Å². The molecule has 1 aromatic heterocycles. The van der Waals surface area contributed by atoms with Crippen LogP contribution in [-0.2, 0) is 0 Å². The monoisotopic (exact) mass is 242 g/mol. The Bertz CT molecular complexity index is 590. The minimum absolute atomic E-state index is 0.156. The lowest BCUT2D eigenvalue weighted by atomic mass is 10.2. The number of H-pyrrole nitrogens is 1. The number of aromatic amines is 1. The first kappa shape index (κ1) is 12.1. The number of rotatable bonds is 3. The highest BCUT2D eigenvalue weighted by Gasteiger charge is 2.18. The summed E-state index contributed by atoms with van der Waals surface area (Å²) >= 11 is 0. The van der Waals surface area contributed by atoms with Crippen LogP contribution in [0.4, 0.5) is 5.69 Å². The molecule has 0 saturated carbocycles. The van der Waals surface area contributed by atoms with Crippen molar-refractivity contribution < 1.29 is 4.79 Å². The van der Waals surface area contributed by atoms with Crippen LogP contribution in [-0.4, -0.2) is 17.4 Å². The number of nitrogens with one attached hydrogen (secondary N) is 1. The van der Waals surface area contributed by atoms with E-state index in [1.807, 2.05) is 37.3 Å². The van der Waals surface area contributed by atoms with E-state index in [1.165, 1.54) is 12.3 Å². The third-order valence-corrected chi connectivity index (χ3v) is 2.68. The summed E-state index contributed by atoms with van der Waals surface area (Å²) in [5.41, 5.74) is 0.577. The topological polar surface area (TPSA) is 53.2 Å². The molecule has 1 N–H and O–H groups in total. The van der Waals surface area contributed by atoms with E-state index in [0.717, 1.165) is 5.69 Å². The maximum Gasteiger partial charge on any atom is 0.263 e. The third-order valence-electron chi connectivity index (χ3n) is 2.68. The average molecular weight is 242 g/mol. The van der Waals surface area contributed by atoms with Gasteiger partial charge in [0.25, 0.3) is 11.5 Å². The molecule has 1 aromatic carbocycles. The lowest BCUT2D eigenvalue weighted by Gasteiger charge is -2.20. The molecule has 0 spiro atoms. The number of hydrogen-bond donors (Lipinski definition) is 1. The Balaban J connectivity index is 2.38. The number of hydrogen-bond acceptors (Lipinski definition) is 2.